The predicted octanol–water partition coefficient (Wildman–Crippen LogP) is -0.0588. The number of hydrogen-bond donors (Lipinski definition) is 1. The zero-order valence-electron chi connectivity index (χ0n) is 9.07. The molecule has 0 aromatic carbocycles. The molecule has 0 unspecified atom stereocenters. The molecule has 2 heterocycles. The van der Waals surface area contributed by atoms with Gasteiger partial charge in [0.05, 0.1) is 13.7 Å². The molecule has 88 valence electrons. The Morgan fingerprint density at radius 3 is 3.06 bits per heavy atom. The van der Waals surface area contributed by atoms with E-state index in [2.05, 4.69) is 19.8 Å². The summed E-state index contributed by atoms with van der Waals surface area (Å²) in [6.07, 6.45) is 2.90. The number of aliphatic hydroxyl groups excluding tert-OH is 1. The van der Waals surface area contributed by atoms with E-state index in [4.69, 9.17) is 5.11 Å². The summed E-state index contributed by atoms with van der Waals surface area (Å²) in [5.74, 6) is -0.245. The molecule has 17 heavy (non-hydrogen) atoms. The minimum absolute atomic E-state index is 0.0537. The van der Waals surface area contributed by atoms with Crippen molar-refractivity contribution in [1.29, 1.82) is 0 Å². The zero-order valence-corrected chi connectivity index (χ0v) is 9.07. The number of rotatable bonds is 3. The summed E-state index contributed by atoms with van der Waals surface area (Å²) in [4.78, 5) is 19.0. The minimum Gasteiger partial charge on any atom is -0.463 e. The molecule has 2 aromatic rings. The zero-order chi connectivity index (χ0) is 12.3. The van der Waals surface area contributed by atoms with Crippen LogP contribution in [0.5, 0.6) is 0 Å². The summed E-state index contributed by atoms with van der Waals surface area (Å²) < 4.78 is 5.81. The Morgan fingerprint density at radius 1 is 1.53 bits per heavy atom. The first kappa shape index (κ1) is 11.2. The van der Waals surface area contributed by atoms with Crippen LogP contribution in [0, 0.1) is 0 Å². The van der Waals surface area contributed by atoms with Gasteiger partial charge in [-0.15, -0.1) is 5.10 Å². The Kier molecular flexibility index (Phi) is 3.10. The third-order valence-corrected chi connectivity index (χ3v) is 2.11. The normalized spacial score (nSPS) is 10.2. The van der Waals surface area contributed by atoms with Crippen molar-refractivity contribution in [3.63, 3.8) is 0 Å². The van der Waals surface area contributed by atoms with Crippen molar-refractivity contribution in [3.05, 3.63) is 36.0 Å². The van der Waals surface area contributed by atoms with E-state index in [1.54, 1.807) is 18.3 Å². The van der Waals surface area contributed by atoms with Crippen molar-refractivity contribution in [3.8, 4) is 5.82 Å². The lowest BCUT2D eigenvalue weighted by atomic mass is 10.3. The number of carbonyl (C=O) groups is 1. The maximum atomic E-state index is 11.2. The molecule has 2 aromatic heterocycles. The van der Waals surface area contributed by atoms with Crippen molar-refractivity contribution >= 4 is 5.97 Å². The molecule has 2 rings (SSSR count). The van der Waals surface area contributed by atoms with Gasteiger partial charge in [0.25, 0.3) is 5.82 Å². The van der Waals surface area contributed by atoms with Crippen LogP contribution in [0.3, 0.4) is 0 Å². The van der Waals surface area contributed by atoms with E-state index < -0.39 is 5.97 Å². The Bertz CT molecular complexity index is 538. The van der Waals surface area contributed by atoms with Gasteiger partial charge in [0.15, 0.2) is 5.82 Å². The van der Waals surface area contributed by atoms with E-state index in [0.717, 1.165) is 0 Å². The third-order valence-electron chi connectivity index (χ3n) is 2.11. The van der Waals surface area contributed by atoms with Crippen molar-refractivity contribution in [2.24, 2.45) is 0 Å². The number of hydrogen-bond acceptors (Lipinski definition) is 6. The first-order chi connectivity index (χ1) is 8.26. The summed E-state index contributed by atoms with van der Waals surface area (Å²) in [7, 11) is 1.25. The number of nitrogens with zero attached hydrogens (tertiary/aromatic N) is 4. The van der Waals surface area contributed by atoms with Crippen molar-refractivity contribution in [1.82, 2.24) is 19.7 Å². The average molecular weight is 234 g/mol. The van der Waals surface area contributed by atoms with E-state index in [9.17, 15) is 4.79 Å². The second-order valence-corrected chi connectivity index (χ2v) is 3.15. The Morgan fingerprint density at radius 2 is 2.35 bits per heavy atom. The second-order valence-electron chi connectivity index (χ2n) is 3.15. The Labute approximate surface area is 96.7 Å². The van der Waals surface area contributed by atoms with Crippen LogP contribution in [-0.2, 0) is 11.3 Å². The highest BCUT2D eigenvalue weighted by atomic mass is 16.5. The lowest BCUT2D eigenvalue weighted by Gasteiger charge is -2.03. The second kappa shape index (κ2) is 4.71. The maximum Gasteiger partial charge on any atom is 0.377 e. The Balaban J connectivity index is 2.40. The number of aromatic nitrogens is 4. The number of ether oxygens (including phenoxy) is 1. The van der Waals surface area contributed by atoms with E-state index in [-0.39, 0.29) is 12.4 Å². The number of pyridine rings is 1. The largest absolute Gasteiger partial charge is 0.463 e. The predicted molar refractivity (Wildman–Crippen MR) is 56.4 cm³/mol. The van der Waals surface area contributed by atoms with Crippen molar-refractivity contribution in [2.45, 2.75) is 6.61 Å². The van der Waals surface area contributed by atoms with Gasteiger partial charge >= 0.3 is 5.97 Å². The molecule has 0 saturated carbocycles. The first-order valence-electron chi connectivity index (χ1n) is 4.81. The molecule has 0 aliphatic heterocycles. The quantitative estimate of drug-likeness (QED) is 0.748. The third kappa shape index (κ3) is 2.13. The van der Waals surface area contributed by atoms with Gasteiger partial charge in [-0.25, -0.2) is 19.4 Å². The van der Waals surface area contributed by atoms with Crippen LogP contribution in [0.2, 0.25) is 0 Å². The lowest BCUT2D eigenvalue weighted by molar-refractivity contribution is 0.0587. The fourth-order valence-electron chi connectivity index (χ4n) is 1.31. The van der Waals surface area contributed by atoms with Crippen LogP contribution in [0.15, 0.2) is 24.7 Å². The van der Waals surface area contributed by atoms with Gasteiger partial charge in [0.2, 0.25) is 0 Å². The van der Waals surface area contributed by atoms with E-state index in [1.165, 1.54) is 18.1 Å². The molecule has 7 heteroatoms. The Hall–Kier alpha value is -2.28. The summed E-state index contributed by atoms with van der Waals surface area (Å²) >= 11 is 0. The highest BCUT2D eigenvalue weighted by molar-refractivity contribution is 5.84. The molecule has 0 saturated heterocycles. The average Bonchev–Trinajstić information content (AvgIpc) is 2.87. The monoisotopic (exact) mass is 234 g/mol. The molecule has 0 spiro atoms. The number of esters is 1. The lowest BCUT2D eigenvalue weighted by Crippen LogP contribution is -2.07. The summed E-state index contributed by atoms with van der Waals surface area (Å²) in [5, 5.41) is 13.1. The molecule has 0 aliphatic carbocycles. The maximum absolute atomic E-state index is 11.2. The van der Waals surface area contributed by atoms with Crippen LogP contribution < -0.4 is 0 Å². The number of carbonyl (C=O) groups excluding carboxylic acids is 1. The first-order valence-corrected chi connectivity index (χ1v) is 4.81. The van der Waals surface area contributed by atoms with Gasteiger partial charge in [-0.2, -0.15) is 0 Å². The SMILES string of the molecule is COC(=O)c1ncn(-c2ncccc2CO)n1. The highest BCUT2D eigenvalue weighted by Gasteiger charge is 2.13. The van der Waals surface area contributed by atoms with E-state index in [0.29, 0.717) is 11.4 Å². The van der Waals surface area contributed by atoms with Crippen LogP contribution in [0.1, 0.15) is 16.2 Å². The standard InChI is InChI=1S/C10H10N4O3/c1-17-10(16)8-12-6-14(13-8)9-7(5-15)3-2-4-11-9/h2-4,6,15H,5H2,1H3. The molecule has 7 nitrogen and oxygen atoms in total. The molecule has 0 bridgehead atoms. The van der Waals surface area contributed by atoms with Gasteiger partial charge in [-0.1, -0.05) is 6.07 Å². The van der Waals surface area contributed by atoms with Gasteiger partial charge in [-0.3, -0.25) is 0 Å². The van der Waals surface area contributed by atoms with Crippen LogP contribution in [0.25, 0.3) is 5.82 Å². The summed E-state index contributed by atoms with van der Waals surface area (Å²) in [6, 6.07) is 3.41. The van der Waals surface area contributed by atoms with Gasteiger partial charge < -0.3 is 9.84 Å². The molecule has 0 amide bonds. The minimum atomic E-state index is -0.620. The van der Waals surface area contributed by atoms with Gasteiger partial charge in [0.1, 0.15) is 6.33 Å². The van der Waals surface area contributed by atoms with Crippen LogP contribution in [-0.4, -0.2) is 37.9 Å². The molecule has 0 radical (unpaired) electrons. The molecule has 0 aliphatic rings. The van der Waals surface area contributed by atoms with Crippen molar-refractivity contribution in [2.75, 3.05) is 7.11 Å². The number of aliphatic hydroxyl groups is 1. The fraction of sp³-hybridized carbons (Fsp3) is 0.200. The highest BCUT2D eigenvalue weighted by Crippen LogP contribution is 2.09. The van der Waals surface area contributed by atoms with Gasteiger partial charge in [0, 0.05) is 11.8 Å². The summed E-state index contributed by atoms with van der Waals surface area (Å²) in [5.41, 5.74) is 0.591. The van der Waals surface area contributed by atoms with E-state index >= 15 is 0 Å². The summed E-state index contributed by atoms with van der Waals surface area (Å²) in [6.45, 7) is -0.170. The smallest absolute Gasteiger partial charge is 0.377 e. The molecular weight excluding hydrogens is 224 g/mol. The van der Waals surface area contributed by atoms with Gasteiger partial charge in [-0.05, 0) is 6.07 Å². The van der Waals surface area contributed by atoms with Crippen LogP contribution >= 0.6 is 0 Å². The molecule has 0 fully saturated rings. The molecular formula is C10H10N4O3. The molecule has 1 N–H and O–H groups in total. The molecule has 0 atom stereocenters. The fourth-order valence-corrected chi connectivity index (χ4v) is 1.31. The van der Waals surface area contributed by atoms with Crippen LogP contribution in [0.4, 0.5) is 0 Å². The van der Waals surface area contributed by atoms with Crippen molar-refractivity contribution < 1.29 is 14.6 Å². The number of methoxy groups -OCH3 is 1. The van der Waals surface area contributed by atoms with E-state index in [1.807, 2.05) is 0 Å². The topological polar surface area (TPSA) is 90.1 Å².